The molecule has 4 rings (SSSR count). The van der Waals surface area contributed by atoms with Gasteiger partial charge in [-0.25, -0.2) is 0 Å². The molecule has 134 valence electrons. The third kappa shape index (κ3) is 2.90. The summed E-state index contributed by atoms with van der Waals surface area (Å²) in [7, 11) is 1.63. The molecule has 3 aromatic rings. The van der Waals surface area contributed by atoms with Crippen LogP contribution >= 0.6 is 0 Å². The van der Waals surface area contributed by atoms with Crippen molar-refractivity contribution in [1.29, 1.82) is 0 Å². The molecule has 2 amide bonds. The zero-order chi connectivity index (χ0) is 18.1. The van der Waals surface area contributed by atoms with Crippen LogP contribution in [0, 0.1) is 0 Å². The molecule has 2 aromatic carbocycles. The molecule has 0 aliphatic carbocycles. The van der Waals surface area contributed by atoms with E-state index in [4.69, 9.17) is 14.0 Å². The fourth-order valence-corrected chi connectivity index (χ4v) is 3.30. The van der Waals surface area contributed by atoms with E-state index in [0.717, 1.165) is 21.9 Å². The minimum atomic E-state index is -0.489. The first-order valence-corrected chi connectivity index (χ1v) is 8.45. The molecule has 7 heteroatoms. The SMILES string of the molecule is COCCOc1ccc2c(ccc3onc([C@H]4CCC(=O)NC4=O)c32)c1. The molecule has 0 unspecified atom stereocenters. The lowest BCUT2D eigenvalue weighted by Gasteiger charge is -2.19. The van der Waals surface area contributed by atoms with Crippen molar-refractivity contribution in [2.45, 2.75) is 18.8 Å². The Morgan fingerprint density at radius 3 is 2.92 bits per heavy atom. The molecular weight excluding hydrogens is 336 g/mol. The first-order chi connectivity index (χ1) is 12.7. The molecule has 0 spiro atoms. The number of hydrogen-bond acceptors (Lipinski definition) is 6. The number of hydrogen-bond donors (Lipinski definition) is 1. The third-order valence-corrected chi connectivity index (χ3v) is 4.58. The van der Waals surface area contributed by atoms with E-state index in [1.54, 1.807) is 7.11 Å². The standard InChI is InChI=1S/C19H18N2O5/c1-24-8-9-25-12-3-4-13-11(10-12)2-6-15-17(13)18(21-26-15)14-5-7-16(22)20-19(14)23/h2-4,6,10,14H,5,7-9H2,1H3,(H,20,22,23)/t14-/m1/s1. The van der Waals surface area contributed by atoms with Gasteiger partial charge in [0.25, 0.3) is 0 Å². The molecule has 1 atom stereocenters. The molecule has 0 saturated carbocycles. The van der Waals surface area contributed by atoms with Crippen LogP contribution in [-0.2, 0) is 14.3 Å². The van der Waals surface area contributed by atoms with E-state index in [1.807, 2.05) is 30.3 Å². The van der Waals surface area contributed by atoms with Crippen LogP contribution in [0.3, 0.4) is 0 Å². The minimum Gasteiger partial charge on any atom is -0.491 e. The van der Waals surface area contributed by atoms with E-state index in [2.05, 4.69) is 10.5 Å². The minimum absolute atomic E-state index is 0.248. The number of rotatable bonds is 5. The number of amides is 2. The van der Waals surface area contributed by atoms with E-state index >= 15 is 0 Å². The first-order valence-electron chi connectivity index (χ1n) is 8.45. The van der Waals surface area contributed by atoms with Gasteiger partial charge in [0.2, 0.25) is 11.8 Å². The Balaban J connectivity index is 1.75. The highest BCUT2D eigenvalue weighted by atomic mass is 16.5. The molecule has 1 fully saturated rings. The summed E-state index contributed by atoms with van der Waals surface area (Å²) in [6.45, 7) is 0.988. The molecule has 0 bridgehead atoms. The summed E-state index contributed by atoms with van der Waals surface area (Å²) in [5, 5.41) is 9.21. The average molecular weight is 354 g/mol. The number of fused-ring (bicyclic) bond motifs is 3. The van der Waals surface area contributed by atoms with Gasteiger partial charge >= 0.3 is 0 Å². The van der Waals surface area contributed by atoms with E-state index in [9.17, 15) is 9.59 Å². The maximum atomic E-state index is 12.2. The van der Waals surface area contributed by atoms with Crippen LogP contribution in [0.4, 0.5) is 0 Å². The summed E-state index contributed by atoms with van der Waals surface area (Å²) < 4.78 is 16.1. The maximum Gasteiger partial charge on any atom is 0.235 e. The molecule has 7 nitrogen and oxygen atoms in total. The highest BCUT2D eigenvalue weighted by Gasteiger charge is 2.32. The van der Waals surface area contributed by atoms with Crippen LogP contribution in [0.5, 0.6) is 5.75 Å². The Morgan fingerprint density at radius 1 is 1.23 bits per heavy atom. The fourth-order valence-electron chi connectivity index (χ4n) is 3.30. The van der Waals surface area contributed by atoms with Crippen molar-refractivity contribution in [1.82, 2.24) is 10.5 Å². The second-order valence-electron chi connectivity index (χ2n) is 6.23. The van der Waals surface area contributed by atoms with Crippen LogP contribution in [0.2, 0.25) is 0 Å². The summed E-state index contributed by atoms with van der Waals surface area (Å²) in [6.07, 6.45) is 0.730. The second kappa shape index (κ2) is 6.76. The monoisotopic (exact) mass is 354 g/mol. The van der Waals surface area contributed by atoms with Gasteiger partial charge in [-0.15, -0.1) is 0 Å². The molecule has 1 aliphatic heterocycles. The summed E-state index contributed by atoms with van der Waals surface area (Å²) in [4.78, 5) is 23.6. The molecule has 0 radical (unpaired) electrons. The van der Waals surface area contributed by atoms with Crippen LogP contribution in [0.25, 0.3) is 21.7 Å². The van der Waals surface area contributed by atoms with Crippen molar-refractivity contribution in [3.05, 3.63) is 36.0 Å². The molecule has 1 saturated heterocycles. The quantitative estimate of drug-likeness (QED) is 0.559. The molecule has 1 aromatic heterocycles. The lowest BCUT2D eigenvalue weighted by Crippen LogP contribution is -2.39. The zero-order valence-electron chi connectivity index (χ0n) is 14.3. The largest absolute Gasteiger partial charge is 0.491 e. The highest BCUT2D eigenvalue weighted by molar-refractivity contribution is 6.10. The smallest absolute Gasteiger partial charge is 0.235 e. The Hall–Kier alpha value is -2.93. The zero-order valence-corrected chi connectivity index (χ0v) is 14.3. The van der Waals surface area contributed by atoms with Gasteiger partial charge in [0.1, 0.15) is 18.1 Å². The van der Waals surface area contributed by atoms with Crippen molar-refractivity contribution in [3.8, 4) is 5.75 Å². The number of piperidine rings is 1. The topological polar surface area (TPSA) is 90.7 Å². The van der Waals surface area contributed by atoms with Gasteiger partial charge in [-0.05, 0) is 41.5 Å². The predicted molar refractivity (Wildman–Crippen MR) is 94.0 cm³/mol. The average Bonchev–Trinajstić information content (AvgIpc) is 3.06. The van der Waals surface area contributed by atoms with Crippen molar-refractivity contribution in [2.75, 3.05) is 20.3 Å². The van der Waals surface area contributed by atoms with Crippen LogP contribution in [0.15, 0.2) is 34.9 Å². The number of ether oxygens (including phenoxy) is 2. The van der Waals surface area contributed by atoms with Gasteiger partial charge in [-0.3, -0.25) is 14.9 Å². The Morgan fingerprint density at radius 2 is 2.12 bits per heavy atom. The van der Waals surface area contributed by atoms with E-state index < -0.39 is 5.92 Å². The number of methoxy groups -OCH3 is 1. The Labute approximate surface area is 149 Å². The van der Waals surface area contributed by atoms with E-state index in [1.165, 1.54) is 0 Å². The lowest BCUT2D eigenvalue weighted by molar-refractivity contribution is -0.134. The van der Waals surface area contributed by atoms with Gasteiger partial charge in [-0.1, -0.05) is 11.2 Å². The number of carbonyl (C=O) groups excluding carboxylic acids is 2. The fraction of sp³-hybridized carbons (Fsp3) is 0.316. The Kier molecular flexibility index (Phi) is 4.30. The van der Waals surface area contributed by atoms with Crippen LogP contribution in [0.1, 0.15) is 24.5 Å². The van der Waals surface area contributed by atoms with Gasteiger partial charge in [0.05, 0.1) is 17.9 Å². The molecular formula is C19H18N2O5. The highest BCUT2D eigenvalue weighted by Crippen LogP contribution is 2.36. The van der Waals surface area contributed by atoms with Gasteiger partial charge < -0.3 is 14.0 Å². The van der Waals surface area contributed by atoms with Gasteiger partial charge in [-0.2, -0.15) is 0 Å². The van der Waals surface area contributed by atoms with Crippen molar-refractivity contribution in [3.63, 3.8) is 0 Å². The maximum absolute atomic E-state index is 12.2. The Bertz CT molecular complexity index is 994. The number of benzene rings is 2. The summed E-state index contributed by atoms with van der Waals surface area (Å²) in [6, 6.07) is 9.51. The normalized spacial score (nSPS) is 17.7. The summed E-state index contributed by atoms with van der Waals surface area (Å²) >= 11 is 0. The number of aromatic nitrogens is 1. The number of nitrogens with zero attached hydrogens (tertiary/aromatic N) is 1. The van der Waals surface area contributed by atoms with Crippen LogP contribution < -0.4 is 10.1 Å². The first kappa shape index (κ1) is 16.5. The van der Waals surface area contributed by atoms with Gasteiger partial charge in [0, 0.05) is 13.5 Å². The molecule has 1 aliphatic rings. The van der Waals surface area contributed by atoms with Gasteiger partial charge in [0.15, 0.2) is 5.58 Å². The number of nitrogens with one attached hydrogen (secondary N) is 1. The van der Waals surface area contributed by atoms with E-state index in [0.29, 0.717) is 37.3 Å². The van der Waals surface area contributed by atoms with Crippen LogP contribution in [-0.4, -0.2) is 37.3 Å². The van der Waals surface area contributed by atoms with Crippen molar-refractivity contribution in [2.24, 2.45) is 0 Å². The predicted octanol–water partition coefficient (Wildman–Crippen LogP) is 2.53. The molecule has 26 heavy (non-hydrogen) atoms. The number of carbonyl (C=O) groups is 2. The van der Waals surface area contributed by atoms with Crippen molar-refractivity contribution >= 4 is 33.6 Å². The lowest BCUT2D eigenvalue weighted by atomic mass is 9.91. The number of imide groups is 1. The summed E-state index contributed by atoms with van der Waals surface area (Å²) in [5.74, 6) is -0.320. The third-order valence-electron chi connectivity index (χ3n) is 4.58. The molecule has 1 N–H and O–H groups in total. The second-order valence-corrected chi connectivity index (χ2v) is 6.23. The van der Waals surface area contributed by atoms with Crippen molar-refractivity contribution < 1.29 is 23.6 Å². The summed E-state index contributed by atoms with van der Waals surface area (Å²) in [5.41, 5.74) is 1.19. The molecule has 2 heterocycles. The van der Waals surface area contributed by atoms with E-state index in [-0.39, 0.29) is 11.8 Å².